The van der Waals surface area contributed by atoms with Crippen molar-refractivity contribution in [3.63, 3.8) is 0 Å². The smallest absolute Gasteiger partial charge is 0.385 e. The number of benzene rings is 2. The number of nitrogens with zero attached hydrogens (tertiary/aromatic N) is 1. The highest BCUT2D eigenvalue weighted by atomic mass is 35.5. The lowest BCUT2D eigenvalue weighted by Crippen LogP contribution is -3.16. The van der Waals surface area contributed by atoms with Crippen molar-refractivity contribution in [2.75, 3.05) is 44.2 Å². The topological polar surface area (TPSA) is 37.1 Å². The Morgan fingerprint density at radius 2 is 1.80 bits per heavy atom. The van der Waals surface area contributed by atoms with Crippen molar-refractivity contribution >= 4 is 17.3 Å². The quantitative estimate of drug-likeness (QED) is 0.690. The zero-order valence-electron chi connectivity index (χ0n) is 16.8. The van der Waals surface area contributed by atoms with Crippen molar-refractivity contribution in [1.29, 1.82) is 0 Å². The van der Waals surface area contributed by atoms with E-state index in [1.54, 1.807) is 18.2 Å². The van der Waals surface area contributed by atoms with Gasteiger partial charge in [0, 0.05) is 10.7 Å². The summed E-state index contributed by atoms with van der Waals surface area (Å²) in [6.45, 7) is 5.49. The number of nitrogens with one attached hydrogen (secondary N) is 1. The molecule has 30 heavy (non-hydrogen) atoms. The van der Waals surface area contributed by atoms with Crippen LogP contribution in [0, 0.1) is 0 Å². The van der Waals surface area contributed by atoms with E-state index in [0.717, 1.165) is 24.7 Å². The summed E-state index contributed by atoms with van der Waals surface area (Å²) in [5, 5.41) is 11.0. The van der Waals surface area contributed by atoms with Gasteiger partial charge < -0.3 is 19.6 Å². The maximum absolute atomic E-state index is 12.9. The first-order valence-corrected chi connectivity index (χ1v) is 10.4. The van der Waals surface area contributed by atoms with E-state index < -0.39 is 17.8 Å². The molecular weight excluding hydrogens is 417 g/mol. The average molecular weight is 444 g/mol. The molecule has 1 heterocycles. The number of rotatable bonds is 7. The van der Waals surface area contributed by atoms with Crippen LogP contribution in [0.3, 0.4) is 0 Å². The Balaban J connectivity index is 1.43. The summed E-state index contributed by atoms with van der Waals surface area (Å²) in [5.74, 6) is 0. The molecule has 2 aromatic rings. The predicted octanol–water partition coefficient (Wildman–Crippen LogP) is 3.20. The summed E-state index contributed by atoms with van der Waals surface area (Å²) in [6.07, 6.45) is -5.09. The number of anilines is 1. The van der Waals surface area contributed by atoms with Crippen LogP contribution in [0.15, 0.2) is 48.5 Å². The van der Waals surface area contributed by atoms with E-state index in [-0.39, 0.29) is 12.7 Å². The number of hydrogen-bond acceptors (Lipinski definition) is 3. The Morgan fingerprint density at radius 3 is 2.43 bits per heavy atom. The number of hydrogen-bond donors (Lipinski definition) is 2. The lowest BCUT2D eigenvalue weighted by Gasteiger charge is -2.34. The van der Waals surface area contributed by atoms with E-state index in [9.17, 15) is 18.3 Å². The second kappa shape index (κ2) is 10.0. The molecule has 8 heteroatoms. The molecule has 1 saturated heterocycles. The van der Waals surface area contributed by atoms with Crippen molar-refractivity contribution < 1.29 is 27.9 Å². The molecule has 0 bridgehead atoms. The van der Waals surface area contributed by atoms with E-state index in [4.69, 9.17) is 16.3 Å². The zero-order valence-corrected chi connectivity index (χ0v) is 17.6. The molecular formula is C22H27ClF3N2O2+. The van der Waals surface area contributed by atoms with Gasteiger partial charge in [0.25, 0.3) is 0 Å². The number of aliphatic hydroxyl groups is 1. The van der Waals surface area contributed by atoms with Crippen LogP contribution >= 0.6 is 11.6 Å². The number of piperazine rings is 1. The Hall–Kier alpha value is -1.80. The Bertz CT molecular complexity index is 809. The largest absolute Gasteiger partial charge is 0.416 e. The van der Waals surface area contributed by atoms with Crippen LogP contribution in [0.1, 0.15) is 24.2 Å². The highest BCUT2D eigenvalue weighted by Crippen LogP contribution is 2.31. The van der Waals surface area contributed by atoms with Crippen molar-refractivity contribution in [1.82, 2.24) is 0 Å². The van der Waals surface area contributed by atoms with Gasteiger partial charge in [0.1, 0.15) is 12.6 Å². The number of ether oxygens (including phenoxy) is 1. The summed E-state index contributed by atoms with van der Waals surface area (Å²) in [4.78, 5) is 3.18. The van der Waals surface area contributed by atoms with Crippen LogP contribution in [0.25, 0.3) is 0 Å². The third-order valence-electron chi connectivity index (χ3n) is 5.41. The minimum atomic E-state index is -4.34. The van der Waals surface area contributed by atoms with Crippen molar-refractivity contribution in [2.45, 2.75) is 25.3 Å². The number of alkyl halides is 3. The normalized spacial score (nSPS) is 17.7. The highest BCUT2D eigenvalue weighted by molar-refractivity contribution is 6.30. The Kier molecular flexibility index (Phi) is 7.63. The first-order valence-electron chi connectivity index (χ1n) is 10.0. The molecule has 0 aliphatic carbocycles. The van der Waals surface area contributed by atoms with Crippen molar-refractivity contribution in [3.8, 4) is 0 Å². The van der Waals surface area contributed by atoms with Gasteiger partial charge >= 0.3 is 6.18 Å². The Labute approximate surface area is 179 Å². The molecule has 164 valence electrons. The molecule has 2 atom stereocenters. The minimum absolute atomic E-state index is 0.148. The molecule has 0 amide bonds. The van der Waals surface area contributed by atoms with E-state index in [2.05, 4.69) is 0 Å². The van der Waals surface area contributed by atoms with Gasteiger partial charge in [-0.15, -0.1) is 0 Å². The summed E-state index contributed by atoms with van der Waals surface area (Å²) in [5.41, 5.74) is 0.954. The van der Waals surface area contributed by atoms with Gasteiger partial charge in [0.15, 0.2) is 0 Å². The van der Waals surface area contributed by atoms with Crippen molar-refractivity contribution in [2.24, 2.45) is 0 Å². The molecule has 1 fully saturated rings. The standard InChI is InChI=1S/C22H26ClF3N2O2/c1-16(17-5-7-19(23)8-6-17)30-15-21(29)14-27-9-11-28(12-10-27)20-4-2-3-18(13-20)22(24,25)26/h2-8,13,16,21,29H,9-12,14-15H2,1H3/p+1/t16-,21-/m1/s1. The summed E-state index contributed by atoms with van der Waals surface area (Å²) in [6, 6.07) is 12.9. The minimum Gasteiger partial charge on any atom is -0.385 e. The van der Waals surface area contributed by atoms with E-state index in [1.165, 1.54) is 17.0 Å². The van der Waals surface area contributed by atoms with E-state index >= 15 is 0 Å². The number of aliphatic hydroxyl groups excluding tert-OH is 1. The fourth-order valence-electron chi connectivity index (χ4n) is 3.64. The van der Waals surface area contributed by atoms with Crippen LogP contribution in [-0.4, -0.2) is 50.5 Å². The highest BCUT2D eigenvalue weighted by Gasteiger charge is 2.31. The van der Waals surface area contributed by atoms with Gasteiger partial charge in [-0.25, -0.2) is 0 Å². The molecule has 1 aliphatic heterocycles. The van der Waals surface area contributed by atoms with Gasteiger partial charge in [0.05, 0.1) is 44.5 Å². The summed E-state index contributed by atoms with van der Waals surface area (Å²) in [7, 11) is 0. The van der Waals surface area contributed by atoms with Gasteiger partial charge in [-0.3, -0.25) is 0 Å². The number of quaternary nitrogens is 1. The molecule has 3 rings (SSSR count). The second-order valence-corrected chi connectivity index (χ2v) is 8.11. The van der Waals surface area contributed by atoms with Crippen LogP contribution in [0.4, 0.5) is 18.9 Å². The molecule has 0 radical (unpaired) electrons. The molecule has 0 saturated carbocycles. The second-order valence-electron chi connectivity index (χ2n) is 7.67. The van der Waals surface area contributed by atoms with Crippen LogP contribution < -0.4 is 9.80 Å². The molecule has 0 unspecified atom stereocenters. The zero-order chi connectivity index (χ0) is 21.7. The third kappa shape index (κ3) is 6.35. The third-order valence-corrected chi connectivity index (χ3v) is 5.66. The molecule has 4 nitrogen and oxygen atoms in total. The van der Waals surface area contributed by atoms with Crippen LogP contribution in [0.5, 0.6) is 0 Å². The number of halogens is 4. The van der Waals surface area contributed by atoms with Crippen LogP contribution in [0.2, 0.25) is 5.02 Å². The SMILES string of the molecule is C[C@@H](OC[C@H](O)C[NH+]1CCN(c2cccc(C(F)(F)F)c2)CC1)c1ccc(Cl)cc1. The molecule has 0 aromatic heterocycles. The van der Waals surface area contributed by atoms with E-state index in [1.807, 2.05) is 24.0 Å². The monoisotopic (exact) mass is 443 g/mol. The molecule has 2 N–H and O–H groups in total. The molecule has 0 spiro atoms. The maximum atomic E-state index is 12.9. The van der Waals surface area contributed by atoms with Gasteiger partial charge in [0.2, 0.25) is 0 Å². The fraction of sp³-hybridized carbons (Fsp3) is 0.455. The maximum Gasteiger partial charge on any atom is 0.416 e. The average Bonchev–Trinajstić information content (AvgIpc) is 2.72. The van der Waals surface area contributed by atoms with Crippen LogP contribution in [-0.2, 0) is 10.9 Å². The van der Waals surface area contributed by atoms with E-state index in [0.29, 0.717) is 30.3 Å². The first-order chi connectivity index (χ1) is 14.2. The fourth-order valence-corrected chi connectivity index (χ4v) is 3.77. The summed E-state index contributed by atoms with van der Waals surface area (Å²) >= 11 is 5.89. The summed E-state index contributed by atoms with van der Waals surface area (Å²) < 4.78 is 44.6. The van der Waals surface area contributed by atoms with Gasteiger partial charge in [-0.1, -0.05) is 29.8 Å². The predicted molar refractivity (Wildman–Crippen MR) is 111 cm³/mol. The lowest BCUT2D eigenvalue weighted by atomic mass is 10.1. The van der Waals surface area contributed by atoms with Crippen molar-refractivity contribution in [3.05, 3.63) is 64.7 Å². The van der Waals surface area contributed by atoms with Gasteiger partial charge in [-0.05, 0) is 42.8 Å². The lowest BCUT2D eigenvalue weighted by molar-refractivity contribution is -0.903. The molecule has 2 aromatic carbocycles. The molecule has 1 aliphatic rings. The Morgan fingerprint density at radius 1 is 1.13 bits per heavy atom. The first kappa shape index (κ1) is 22.9. The van der Waals surface area contributed by atoms with Gasteiger partial charge in [-0.2, -0.15) is 13.2 Å².